The predicted molar refractivity (Wildman–Crippen MR) is 129 cm³/mol. The lowest BCUT2D eigenvalue weighted by molar-refractivity contribution is 0.0939. The topological polar surface area (TPSA) is 113 Å². The standard InChI is InChI=1S/C23H25N3O5S2/c1-17(18-12-14-20(15-13-18)25-32(3,28)29)24-23(27)19-8-7-11-22(16-19)33(30,31)26(2)21-9-5-4-6-10-21/h4-17,25H,1-3H3,(H,24,27)/t17-/m1/s1. The van der Waals surface area contributed by atoms with Crippen LogP contribution in [0.2, 0.25) is 0 Å². The van der Waals surface area contributed by atoms with E-state index in [0.717, 1.165) is 11.8 Å². The Morgan fingerprint density at radius 1 is 0.879 bits per heavy atom. The number of carbonyl (C=O) groups excluding carboxylic acids is 1. The van der Waals surface area contributed by atoms with Gasteiger partial charge in [-0.1, -0.05) is 36.4 Å². The van der Waals surface area contributed by atoms with Gasteiger partial charge in [0.15, 0.2) is 0 Å². The highest BCUT2D eigenvalue weighted by molar-refractivity contribution is 7.92. The molecule has 2 N–H and O–H groups in total. The normalized spacial score (nSPS) is 12.6. The van der Waals surface area contributed by atoms with Gasteiger partial charge in [-0.3, -0.25) is 13.8 Å². The SMILES string of the molecule is C[C@@H](NC(=O)c1cccc(S(=O)(=O)N(C)c2ccccc2)c1)c1ccc(NS(C)(=O)=O)cc1. The number of amides is 1. The molecule has 8 nitrogen and oxygen atoms in total. The molecule has 1 atom stereocenters. The lowest BCUT2D eigenvalue weighted by Crippen LogP contribution is -2.28. The second-order valence-electron chi connectivity index (χ2n) is 7.53. The fraction of sp³-hybridized carbons (Fsp3) is 0.174. The third-order valence-corrected chi connectivity index (χ3v) is 7.32. The lowest BCUT2D eigenvalue weighted by atomic mass is 10.1. The van der Waals surface area contributed by atoms with Crippen LogP contribution in [0.25, 0.3) is 0 Å². The molecule has 3 aromatic rings. The van der Waals surface area contributed by atoms with Crippen LogP contribution >= 0.6 is 0 Å². The number of nitrogens with zero attached hydrogens (tertiary/aromatic N) is 1. The Bertz CT molecular complexity index is 1340. The molecule has 1 amide bonds. The first-order valence-electron chi connectivity index (χ1n) is 10.00. The maximum Gasteiger partial charge on any atom is 0.264 e. The number of nitrogens with one attached hydrogen (secondary N) is 2. The van der Waals surface area contributed by atoms with Gasteiger partial charge in [0.25, 0.3) is 15.9 Å². The largest absolute Gasteiger partial charge is 0.346 e. The zero-order valence-electron chi connectivity index (χ0n) is 18.4. The number of rotatable bonds is 8. The van der Waals surface area contributed by atoms with Crippen molar-refractivity contribution < 1.29 is 21.6 Å². The molecule has 0 heterocycles. The van der Waals surface area contributed by atoms with Gasteiger partial charge in [-0.2, -0.15) is 0 Å². The predicted octanol–water partition coefficient (Wildman–Crippen LogP) is 3.37. The van der Waals surface area contributed by atoms with Gasteiger partial charge in [-0.15, -0.1) is 0 Å². The fourth-order valence-electron chi connectivity index (χ4n) is 3.15. The van der Waals surface area contributed by atoms with E-state index in [9.17, 15) is 21.6 Å². The van der Waals surface area contributed by atoms with Gasteiger partial charge in [-0.25, -0.2) is 16.8 Å². The summed E-state index contributed by atoms with van der Waals surface area (Å²) in [6.45, 7) is 1.78. The van der Waals surface area contributed by atoms with Crippen LogP contribution in [0.1, 0.15) is 28.9 Å². The molecule has 0 fully saturated rings. The fourth-order valence-corrected chi connectivity index (χ4v) is 4.96. The average molecular weight is 488 g/mol. The van der Waals surface area contributed by atoms with Gasteiger partial charge in [-0.05, 0) is 55.0 Å². The molecule has 0 bridgehead atoms. The van der Waals surface area contributed by atoms with Crippen LogP contribution in [-0.2, 0) is 20.0 Å². The van der Waals surface area contributed by atoms with Gasteiger partial charge in [0, 0.05) is 18.3 Å². The van der Waals surface area contributed by atoms with Gasteiger partial charge >= 0.3 is 0 Å². The van der Waals surface area contributed by atoms with E-state index in [4.69, 9.17) is 0 Å². The van der Waals surface area contributed by atoms with Crippen LogP contribution in [-0.4, -0.2) is 36.0 Å². The van der Waals surface area contributed by atoms with Crippen molar-refractivity contribution >= 4 is 37.3 Å². The summed E-state index contributed by atoms with van der Waals surface area (Å²) in [5.74, 6) is -0.430. The molecule has 0 aliphatic rings. The van der Waals surface area contributed by atoms with Crippen molar-refractivity contribution in [1.29, 1.82) is 0 Å². The van der Waals surface area contributed by atoms with E-state index in [0.29, 0.717) is 11.4 Å². The van der Waals surface area contributed by atoms with Crippen molar-refractivity contribution in [3.05, 3.63) is 90.0 Å². The van der Waals surface area contributed by atoms with Crippen molar-refractivity contribution in [3.63, 3.8) is 0 Å². The average Bonchev–Trinajstić information content (AvgIpc) is 2.78. The Balaban J connectivity index is 1.75. The first kappa shape index (κ1) is 24.3. The molecule has 0 spiro atoms. The summed E-state index contributed by atoms with van der Waals surface area (Å²) in [6, 6.07) is 20.7. The molecule has 0 radical (unpaired) electrons. The third kappa shape index (κ3) is 6.11. The summed E-state index contributed by atoms with van der Waals surface area (Å²) in [4.78, 5) is 12.8. The van der Waals surface area contributed by atoms with Gasteiger partial charge in [0.05, 0.1) is 22.9 Å². The maximum atomic E-state index is 13.0. The van der Waals surface area contributed by atoms with Crippen molar-refractivity contribution in [1.82, 2.24) is 5.32 Å². The van der Waals surface area contributed by atoms with Crippen LogP contribution in [0.3, 0.4) is 0 Å². The van der Waals surface area contributed by atoms with Crippen molar-refractivity contribution in [2.24, 2.45) is 0 Å². The highest BCUT2D eigenvalue weighted by Crippen LogP contribution is 2.23. The van der Waals surface area contributed by atoms with Gasteiger partial charge in [0.2, 0.25) is 10.0 Å². The van der Waals surface area contributed by atoms with E-state index < -0.39 is 32.0 Å². The van der Waals surface area contributed by atoms with Crippen LogP contribution in [0.4, 0.5) is 11.4 Å². The number of para-hydroxylation sites is 1. The molecule has 0 saturated carbocycles. The van der Waals surface area contributed by atoms with Crippen LogP contribution in [0.15, 0.2) is 83.8 Å². The monoisotopic (exact) mass is 487 g/mol. The lowest BCUT2D eigenvalue weighted by Gasteiger charge is -2.20. The quantitative estimate of drug-likeness (QED) is 0.506. The van der Waals surface area contributed by atoms with E-state index in [1.165, 1.54) is 29.6 Å². The highest BCUT2D eigenvalue weighted by Gasteiger charge is 2.22. The van der Waals surface area contributed by atoms with Crippen LogP contribution < -0.4 is 14.3 Å². The molecular weight excluding hydrogens is 462 g/mol. The molecule has 3 rings (SSSR count). The van der Waals surface area contributed by atoms with Crippen LogP contribution in [0.5, 0.6) is 0 Å². The van der Waals surface area contributed by atoms with E-state index in [2.05, 4.69) is 10.0 Å². The number of hydrogen-bond acceptors (Lipinski definition) is 5. The van der Waals surface area contributed by atoms with Crippen molar-refractivity contribution in [2.75, 3.05) is 22.3 Å². The molecule has 0 aliphatic heterocycles. The number of benzene rings is 3. The summed E-state index contributed by atoms with van der Waals surface area (Å²) < 4.78 is 52.3. The Kier molecular flexibility index (Phi) is 7.09. The Hall–Kier alpha value is -3.37. The molecule has 174 valence electrons. The molecule has 0 aromatic heterocycles. The number of carbonyl (C=O) groups is 1. The molecular formula is C23H25N3O5S2. The highest BCUT2D eigenvalue weighted by atomic mass is 32.2. The summed E-state index contributed by atoms with van der Waals surface area (Å²) in [5.41, 5.74) is 1.89. The maximum absolute atomic E-state index is 13.0. The van der Waals surface area contributed by atoms with E-state index in [1.807, 2.05) is 0 Å². The molecule has 3 aromatic carbocycles. The van der Waals surface area contributed by atoms with Gasteiger partial charge < -0.3 is 5.32 Å². The minimum absolute atomic E-state index is 0.00496. The van der Waals surface area contributed by atoms with E-state index in [1.54, 1.807) is 67.6 Å². The number of sulfonamides is 2. The number of anilines is 2. The molecule has 0 unspecified atom stereocenters. The first-order valence-corrected chi connectivity index (χ1v) is 13.3. The minimum Gasteiger partial charge on any atom is -0.346 e. The summed E-state index contributed by atoms with van der Waals surface area (Å²) in [5, 5.41) is 2.83. The smallest absolute Gasteiger partial charge is 0.264 e. The van der Waals surface area contributed by atoms with Crippen molar-refractivity contribution in [3.8, 4) is 0 Å². The summed E-state index contributed by atoms with van der Waals surface area (Å²) in [6.07, 6.45) is 1.07. The van der Waals surface area contributed by atoms with E-state index >= 15 is 0 Å². The first-order chi connectivity index (χ1) is 15.5. The second kappa shape index (κ2) is 9.63. The zero-order chi connectivity index (χ0) is 24.2. The molecule has 0 saturated heterocycles. The third-order valence-electron chi connectivity index (χ3n) is 4.94. The molecule has 10 heteroatoms. The van der Waals surface area contributed by atoms with Gasteiger partial charge in [0.1, 0.15) is 0 Å². The van der Waals surface area contributed by atoms with Crippen LogP contribution in [0, 0.1) is 0 Å². The van der Waals surface area contributed by atoms with Crippen molar-refractivity contribution in [2.45, 2.75) is 17.9 Å². The number of hydrogen-bond donors (Lipinski definition) is 2. The van der Waals surface area contributed by atoms with E-state index in [-0.39, 0.29) is 10.5 Å². The molecule has 0 aliphatic carbocycles. The minimum atomic E-state index is -3.85. The zero-order valence-corrected chi connectivity index (χ0v) is 20.0. The summed E-state index contributed by atoms with van der Waals surface area (Å²) >= 11 is 0. The second-order valence-corrected chi connectivity index (χ2v) is 11.2. The Morgan fingerprint density at radius 2 is 1.52 bits per heavy atom. The Labute approximate surface area is 194 Å². The molecule has 33 heavy (non-hydrogen) atoms. The summed E-state index contributed by atoms with van der Waals surface area (Å²) in [7, 11) is -5.77. The Morgan fingerprint density at radius 3 is 2.12 bits per heavy atom.